The minimum Gasteiger partial charge on any atom is -0.491 e. The molecule has 0 spiro atoms. The lowest BCUT2D eigenvalue weighted by Crippen LogP contribution is -2.47. The highest BCUT2D eigenvalue weighted by atomic mass is 35.5. The molecule has 6 nitrogen and oxygen atoms in total. The maximum atomic E-state index is 10.1. The summed E-state index contributed by atoms with van der Waals surface area (Å²) in [7, 11) is 0. The van der Waals surface area contributed by atoms with E-state index in [1.165, 1.54) is 0 Å². The molecule has 0 bridgehead atoms. The second-order valence-corrected chi connectivity index (χ2v) is 8.64. The third-order valence-electron chi connectivity index (χ3n) is 5.74. The summed E-state index contributed by atoms with van der Waals surface area (Å²) in [6, 6.07) is 13.5. The van der Waals surface area contributed by atoms with Gasteiger partial charge in [-0.15, -0.1) is 0 Å². The summed E-state index contributed by atoms with van der Waals surface area (Å²) in [5.41, 5.74) is 2.89. The summed E-state index contributed by atoms with van der Waals surface area (Å²) >= 11 is 6.43. The molecule has 0 radical (unpaired) electrons. The van der Waals surface area contributed by atoms with Gasteiger partial charge >= 0.3 is 0 Å². The maximum absolute atomic E-state index is 10.1. The molecule has 1 saturated carbocycles. The number of aliphatic hydroxyl groups is 3. The van der Waals surface area contributed by atoms with Crippen molar-refractivity contribution in [2.45, 2.75) is 56.2 Å². The van der Waals surface area contributed by atoms with E-state index in [9.17, 15) is 15.3 Å². The predicted molar refractivity (Wildman–Crippen MR) is 116 cm³/mol. The first-order chi connectivity index (χ1) is 15.0. The van der Waals surface area contributed by atoms with Gasteiger partial charge in [0.2, 0.25) is 0 Å². The third kappa shape index (κ3) is 5.98. The average molecular weight is 449 g/mol. The van der Waals surface area contributed by atoms with Gasteiger partial charge in [0.1, 0.15) is 24.6 Å². The van der Waals surface area contributed by atoms with E-state index in [1.54, 1.807) is 0 Å². The van der Waals surface area contributed by atoms with E-state index in [1.807, 2.05) is 42.5 Å². The Bertz CT molecular complexity index is 854. The Labute approximate surface area is 187 Å². The quantitative estimate of drug-likeness (QED) is 0.511. The van der Waals surface area contributed by atoms with Crippen molar-refractivity contribution < 1.29 is 29.5 Å². The number of halogens is 1. The zero-order valence-electron chi connectivity index (χ0n) is 17.3. The molecular formula is C24H29ClO6. The lowest BCUT2D eigenvalue weighted by atomic mass is 9.92. The van der Waals surface area contributed by atoms with Crippen molar-refractivity contribution in [1.29, 1.82) is 0 Å². The number of aliphatic hydroxyl groups excluding tert-OH is 3. The molecule has 1 aliphatic carbocycles. The molecule has 4 rings (SSSR count). The first-order valence-electron chi connectivity index (χ1n) is 10.8. The van der Waals surface area contributed by atoms with Crippen LogP contribution < -0.4 is 4.74 Å². The maximum Gasteiger partial charge on any atom is 0.119 e. The molecule has 1 saturated heterocycles. The van der Waals surface area contributed by atoms with Crippen LogP contribution >= 0.6 is 11.6 Å². The number of rotatable bonds is 9. The molecular weight excluding hydrogens is 420 g/mol. The standard InChI is InChI=1S/C24H29ClO6/c25-20-8-3-16(22-13-21(27)24(28)23(14-26)31-22)12-17(20)11-15-1-4-18(5-2-15)29-9-10-30-19-6-7-19/h1-5,8,12,19,21-24,26-28H,6-7,9-11,13-14H2. The molecule has 4 atom stereocenters. The van der Waals surface area contributed by atoms with E-state index in [-0.39, 0.29) is 13.0 Å². The molecule has 0 aromatic heterocycles. The number of benzene rings is 2. The molecule has 3 N–H and O–H groups in total. The molecule has 2 fully saturated rings. The Balaban J connectivity index is 1.38. The molecule has 2 aromatic carbocycles. The summed E-state index contributed by atoms with van der Waals surface area (Å²) in [5, 5.41) is 30.1. The minimum atomic E-state index is -1.09. The van der Waals surface area contributed by atoms with E-state index in [0.717, 1.165) is 35.3 Å². The lowest BCUT2D eigenvalue weighted by molar-refractivity contribution is -0.181. The van der Waals surface area contributed by atoms with Gasteiger partial charge in [-0.1, -0.05) is 35.9 Å². The van der Waals surface area contributed by atoms with Crippen molar-refractivity contribution in [3.8, 4) is 5.75 Å². The summed E-state index contributed by atoms with van der Waals surface area (Å²) in [6.07, 6.45) is 0.398. The molecule has 0 amide bonds. The van der Waals surface area contributed by atoms with Crippen LogP contribution in [0, 0.1) is 0 Å². The Morgan fingerprint density at radius 3 is 2.52 bits per heavy atom. The molecule has 4 unspecified atom stereocenters. The van der Waals surface area contributed by atoms with Crippen molar-refractivity contribution in [1.82, 2.24) is 0 Å². The molecule has 168 valence electrons. The Hall–Kier alpha value is -1.67. The molecule has 31 heavy (non-hydrogen) atoms. The van der Waals surface area contributed by atoms with E-state index < -0.39 is 24.4 Å². The van der Waals surface area contributed by atoms with Crippen LogP contribution in [0.5, 0.6) is 5.75 Å². The van der Waals surface area contributed by atoms with Gasteiger partial charge < -0.3 is 29.5 Å². The van der Waals surface area contributed by atoms with Crippen molar-refractivity contribution in [2.24, 2.45) is 0 Å². The van der Waals surface area contributed by atoms with E-state index in [4.69, 9.17) is 25.8 Å². The monoisotopic (exact) mass is 448 g/mol. The van der Waals surface area contributed by atoms with Crippen LogP contribution in [0.3, 0.4) is 0 Å². The van der Waals surface area contributed by atoms with E-state index in [0.29, 0.717) is 30.8 Å². The zero-order valence-corrected chi connectivity index (χ0v) is 18.1. The van der Waals surface area contributed by atoms with Crippen LogP contribution in [-0.4, -0.2) is 59.6 Å². The smallest absolute Gasteiger partial charge is 0.119 e. The largest absolute Gasteiger partial charge is 0.491 e. The van der Waals surface area contributed by atoms with Crippen LogP contribution in [0.25, 0.3) is 0 Å². The van der Waals surface area contributed by atoms with Crippen LogP contribution in [0.15, 0.2) is 42.5 Å². The fourth-order valence-electron chi connectivity index (χ4n) is 3.78. The summed E-state index contributed by atoms with van der Waals surface area (Å²) in [5.74, 6) is 0.807. The predicted octanol–water partition coefficient (Wildman–Crippen LogP) is 3.03. The fraction of sp³-hybridized carbons (Fsp3) is 0.500. The van der Waals surface area contributed by atoms with Gasteiger partial charge in [-0.05, 0) is 54.2 Å². The van der Waals surface area contributed by atoms with Gasteiger partial charge in [0, 0.05) is 11.4 Å². The summed E-state index contributed by atoms with van der Waals surface area (Å²) in [4.78, 5) is 0. The Morgan fingerprint density at radius 1 is 1.03 bits per heavy atom. The molecule has 7 heteroatoms. The van der Waals surface area contributed by atoms with Crippen LogP contribution in [-0.2, 0) is 15.9 Å². The number of ether oxygens (including phenoxy) is 3. The highest BCUT2D eigenvalue weighted by Crippen LogP contribution is 2.34. The molecule has 1 aliphatic heterocycles. The van der Waals surface area contributed by atoms with Crippen molar-refractivity contribution in [2.75, 3.05) is 19.8 Å². The molecule has 1 heterocycles. The van der Waals surface area contributed by atoms with Crippen LogP contribution in [0.2, 0.25) is 5.02 Å². The summed E-state index contributed by atoms with van der Waals surface area (Å²) in [6.45, 7) is 0.803. The zero-order chi connectivity index (χ0) is 21.8. The second kappa shape index (κ2) is 10.3. The number of hydrogen-bond acceptors (Lipinski definition) is 6. The van der Waals surface area contributed by atoms with Gasteiger partial charge in [0.05, 0.1) is 31.5 Å². The molecule has 2 aromatic rings. The highest BCUT2D eigenvalue weighted by molar-refractivity contribution is 6.31. The normalized spacial score (nSPS) is 26.1. The van der Waals surface area contributed by atoms with Crippen molar-refractivity contribution in [3.63, 3.8) is 0 Å². The van der Waals surface area contributed by atoms with Crippen molar-refractivity contribution in [3.05, 3.63) is 64.2 Å². The van der Waals surface area contributed by atoms with E-state index >= 15 is 0 Å². The first kappa shape index (κ1) is 22.5. The van der Waals surface area contributed by atoms with Gasteiger partial charge in [0.15, 0.2) is 0 Å². The van der Waals surface area contributed by atoms with E-state index in [2.05, 4.69) is 0 Å². The third-order valence-corrected chi connectivity index (χ3v) is 6.11. The van der Waals surface area contributed by atoms with Crippen LogP contribution in [0.1, 0.15) is 42.1 Å². The van der Waals surface area contributed by atoms with Crippen LogP contribution in [0.4, 0.5) is 0 Å². The van der Waals surface area contributed by atoms with Gasteiger partial charge in [-0.3, -0.25) is 0 Å². The second-order valence-electron chi connectivity index (χ2n) is 8.23. The minimum absolute atomic E-state index is 0.259. The Morgan fingerprint density at radius 2 is 1.81 bits per heavy atom. The first-order valence-corrected chi connectivity index (χ1v) is 11.2. The number of hydrogen-bond donors (Lipinski definition) is 3. The van der Waals surface area contributed by atoms with Gasteiger partial charge in [0.25, 0.3) is 0 Å². The lowest BCUT2D eigenvalue weighted by Gasteiger charge is -2.36. The molecule has 2 aliphatic rings. The van der Waals surface area contributed by atoms with Gasteiger partial charge in [-0.25, -0.2) is 0 Å². The SMILES string of the molecule is OCC1OC(c2ccc(Cl)c(Cc3ccc(OCCOC4CC4)cc3)c2)CC(O)C1O. The fourth-order valence-corrected chi connectivity index (χ4v) is 3.97. The summed E-state index contributed by atoms with van der Waals surface area (Å²) < 4.78 is 17.1. The highest BCUT2D eigenvalue weighted by Gasteiger charge is 2.37. The Kier molecular flexibility index (Phi) is 7.48. The van der Waals surface area contributed by atoms with Gasteiger partial charge in [-0.2, -0.15) is 0 Å². The average Bonchev–Trinajstić information content (AvgIpc) is 3.60. The van der Waals surface area contributed by atoms with Crippen molar-refractivity contribution >= 4 is 11.6 Å². The topological polar surface area (TPSA) is 88.4 Å².